The number of nitriles is 1. The summed E-state index contributed by atoms with van der Waals surface area (Å²) in [5.41, 5.74) is 1.09. The molecular formula is C22H18FN3O3S. The zero-order valence-corrected chi connectivity index (χ0v) is 17.0. The number of benzene rings is 2. The Hall–Kier alpha value is -3.15. The van der Waals surface area contributed by atoms with Crippen LogP contribution in [0.15, 0.2) is 36.4 Å². The number of amides is 1. The molecule has 2 aromatic carbocycles. The molecule has 1 saturated heterocycles. The normalized spacial score (nSPS) is 17.3. The average Bonchev–Trinajstić information content (AvgIpc) is 2.94. The lowest BCUT2D eigenvalue weighted by Gasteiger charge is -2.43. The summed E-state index contributed by atoms with van der Waals surface area (Å²) in [6, 6.07) is 11.2. The van der Waals surface area contributed by atoms with Crippen LogP contribution in [0, 0.1) is 24.1 Å². The highest BCUT2D eigenvalue weighted by Gasteiger charge is 2.59. The highest BCUT2D eigenvalue weighted by molar-refractivity contribution is 7.81. The van der Waals surface area contributed by atoms with Crippen LogP contribution in [0.5, 0.6) is 0 Å². The molecule has 8 heteroatoms. The van der Waals surface area contributed by atoms with Gasteiger partial charge in [-0.1, -0.05) is 0 Å². The summed E-state index contributed by atoms with van der Waals surface area (Å²) >= 11 is 5.64. The number of ketones is 1. The monoisotopic (exact) mass is 423 g/mol. The molecule has 2 aliphatic rings. The number of carbonyl (C=O) groups is 2. The molecule has 6 nitrogen and oxygen atoms in total. The lowest BCUT2D eigenvalue weighted by atomic mass is 9.75. The van der Waals surface area contributed by atoms with Crippen molar-refractivity contribution in [3.8, 4) is 6.07 Å². The molecule has 1 aliphatic heterocycles. The van der Waals surface area contributed by atoms with E-state index in [-0.39, 0.29) is 16.6 Å². The van der Waals surface area contributed by atoms with Crippen LogP contribution >= 0.6 is 12.2 Å². The molecule has 2 aromatic rings. The summed E-state index contributed by atoms with van der Waals surface area (Å²) in [7, 11) is 0. The molecule has 2 fully saturated rings. The first kappa shape index (κ1) is 20.1. The Morgan fingerprint density at radius 3 is 2.50 bits per heavy atom. The second kappa shape index (κ2) is 7.27. The van der Waals surface area contributed by atoms with E-state index in [0.717, 1.165) is 12.0 Å². The average molecular weight is 423 g/mol. The number of Topliss-reactive ketones (excluding diaryl/α,β-unsaturated/α-hetero) is 1. The third kappa shape index (κ3) is 2.82. The van der Waals surface area contributed by atoms with Crippen LogP contribution in [0.25, 0.3) is 0 Å². The van der Waals surface area contributed by atoms with Crippen LogP contribution in [0.3, 0.4) is 0 Å². The minimum Gasteiger partial charge on any atom is -0.388 e. The van der Waals surface area contributed by atoms with Gasteiger partial charge in [-0.15, -0.1) is 0 Å². The van der Waals surface area contributed by atoms with Crippen LogP contribution in [-0.4, -0.2) is 34.1 Å². The number of aliphatic hydroxyl groups excluding tert-OH is 1. The van der Waals surface area contributed by atoms with Gasteiger partial charge in [-0.2, -0.15) is 5.26 Å². The molecule has 30 heavy (non-hydrogen) atoms. The second-order valence-electron chi connectivity index (χ2n) is 7.50. The van der Waals surface area contributed by atoms with Gasteiger partial charge in [0.15, 0.2) is 10.9 Å². The van der Waals surface area contributed by atoms with Crippen molar-refractivity contribution in [3.05, 3.63) is 58.9 Å². The van der Waals surface area contributed by atoms with E-state index in [1.54, 1.807) is 36.1 Å². The van der Waals surface area contributed by atoms with Gasteiger partial charge >= 0.3 is 0 Å². The van der Waals surface area contributed by atoms with Crippen molar-refractivity contribution in [3.63, 3.8) is 0 Å². The number of aliphatic hydroxyl groups is 1. The third-order valence-electron chi connectivity index (χ3n) is 5.84. The van der Waals surface area contributed by atoms with E-state index in [1.165, 1.54) is 17.0 Å². The minimum absolute atomic E-state index is 0.182. The Morgan fingerprint density at radius 2 is 1.97 bits per heavy atom. The van der Waals surface area contributed by atoms with E-state index in [9.17, 15) is 14.0 Å². The largest absolute Gasteiger partial charge is 0.388 e. The molecule has 0 aromatic heterocycles. The number of halogens is 1. The molecule has 1 heterocycles. The first-order valence-electron chi connectivity index (χ1n) is 9.47. The van der Waals surface area contributed by atoms with Crippen LogP contribution < -0.4 is 9.80 Å². The molecule has 1 N–H and O–H groups in total. The number of aryl methyl sites for hydroxylation is 1. The van der Waals surface area contributed by atoms with Crippen LogP contribution in [0.4, 0.5) is 15.8 Å². The van der Waals surface area contributed by atoms with E-state index in [4.69, 9.17) is 22.6 Å². The smallest absolute Gasteiger partial charge is 0.259 e. The van der Waals surface area contributed by atoms with Gasteiger partial charge in [-0.05, 0) is 80.4 Å². The maximum atomic E-state index is 14.6. The van der Waals surface area contributed by atoms with Gasteiger partial charge in [0.1, 0.15) is 18.0 Å². The highest BCUT2D eigenvalue weighted by atomic mass is 32.1. The Kier molecular flexibility index (Phi) is 4.88. The number of hydrogen-bond acceptors (Lipinski definition) is 5. The van der Waals surface area contributed by atoms with E-state index < -0.39 is 23.7 Å². The number of anilines is 2. The summed E-state index contributed by atoms with van der Waals surface area (Å²) < 4.78 is 14.6. The molecule has 0 bridgehead atoms. The summed E-state index contributed by atoms with van der Waals surface area (Å²) in [6.07, 6.45) is 2.00. The Bertz CT molecular complexity index is 1140. The first-order valence-corrected chi connectivity index (χ1v) is 9.88. The maximum Gasteiger partial charge on any atom is 0.259 e. The molecule has 4 rings (SSSR count). The van der Waals surface area contributed by atoms with Gasteiger partial charge in [0.05, 0.1) is 22.9 Å². The third-order valence-corrected chi connectivity index (χ3v) is 6.20. The molecule has 152 valence electrons. The topological polar surface area (TPSA) is 84.6 Å². The van der Waals surface area contributed by atoms with Gasteiger partial charge in [0, 0.05) is 5.69 Å². The molecule has 1 aliphatic carbocycles. The van der Waals surface area contributed by atoms with Crippen molar-refractivity contribution >= 4 is 40.4 Å². The molecule has 0 atom stereocenters. The number of hydrogen-bond donors (Lipinski definition) is 1. The van der Waals surface area contributed by atoms with Crippen molar-refractivity contribution in [2.45, 2.75) is 31.7 Å². The van der Waals surface area contributed by atoms with Gasteiger partial charge in [0.2, 0.25) is 0 Å². The molecule has 0 radical (unpaired) electrons. The zero-order chi connectivity index (χ0) is 21.6. The minimum atomic E-state index is -0.881. The molecule has 1 amide bonds. The Balaban J connectivity index is 1.78. The van der Waals surface area contributed by atoms with E-state index in [0.29, 0.717) is 29.8 Å². The van der Waals surface area contributed by atoms with Crippen LogP contribution in [0.1, 0.15) is 40.7 Å². The molecule has 0 unspecified atom stereocenters. The van der Waals surface area contributed by atoms with E-state index >= 15 is 0 Å². The summed E-state index contributed by atoms with van der Waals surface area (Å²) in [5.74, 6) is -1.67. The quantitative estimate of drug-likeness (QED) is 0.600. The van der Waals surface area contributed by atoms with E-state index in [1.807, 2.05) is 0 Å². The van der Waals surface area contributed by atoms with Crippen molar-refractivity contribution in [1.29, 1.82) is 5.26 Å². The fourth-order valence-corrected chi connectivity index (χ4v) is 4.54. The van der Waals surface area contributed by atoms with Gasteiger partial charge in [0.25, 0.3) is 5.91 Å². The highest BCUT2D eigenvalue weighted by Crippen LogP contribution is 2.48. The predicted molar refractivity (Wildman–Crippen MR) is 113 cm³/mol. The fraction of sp³-hybridized carbons (Fsp3) is 0.273. The molecular weight excluding hydrogens is 405 g/mol. The van der Waals surface area contributed by atoms with Crippen LogP contribution in [-0.2, 0) is 4.79 Å². The number of nitrogens with zero attached hydrogens (tertiary/aromatic N) is 3. The predicted octanol–water partition coefficient (Wildman–Crippen LogP) is 3.24. The summed E-state index contributed by atoms with van der Waals surface area (Å²) in [4.78, 5) is 28.2. The number of thiocarbonyl (C=S) groups is 1. The summed E-state index contributed by atoms with van der Waals surface area (Å²) in [6.45, 7) is 1.00. The fourth-order valence-electron chi connectivity index (χ4n) is 4.07. The van der Waals surface area contributed by atoms with Gasteiger partial charge < -0.3 is 10.0 Å². The van der Waals surface area contributed by atoms with Gasteiger partial charge in [-0.25, -0.2) is 4.39 Å². The summed E-state index contributed by atoms with van der Waals surface area (Å²) in [5, 5.41) is 18.4. The number of rotatable bonds is 4. The number of carbonyl (C=O) groups excluding carboxylic acids is 2. The lowest BCUT2D eigenvalue weighted by molar-refractivity contribution is -0.123. The second-order valence-corrected chi connectivity index (χ2v) is 7.87. The van der Waals surface area contributed by atoms with Gasteiger partial charge in [-0.3, -0.25) is 14.5 Å². The van der Waals surface area contributed by atoms with Crippen LogP contribution in [0.2, 0.25) is 0 Å². The molecule has 1 saturated carbocycles. The van der Waals surface area contributed by atoms with Crippen molar-refractivity contribution in [1.82, 2.24) is 0 Å². The van der Waals surface area contributed by atoms with E-state index in [2.05, 4.69) is 6.07 Å². The Labute approximate surface area is 178 Å². The Morgan fingerprint density at radius 1 is 1.27 bits per heavy atom. The zero-order valence-electron chi connectivity index (χ0n) is 16.2. The standard InChI is InChI=1S/C22H18FN3O3S/c1-13-9-15(4-3-14(13)11-24)25-20(29)22(7-2-8-22)26(21(25)30)16-5-6-17(18(23)10-16)19(28)12-27/h3-6,9-10,27H,2,7-8,12H2,1H3. The maximum absolute atomic E-state index is 14.6. The van der Waals surface area contributed by atoms with Crippen molar-refractivity contribution in [2.24, 2.45) is 0 Å². The van der Waals surface area contributed by atoms with Crippen molar-refractivity contribution in [2.75, 3.05) is 16.4 Å². The first-order chi connectivity index (χ1) is 14.3. The lowest BCUT2D eigenvalue weighted by Crippen LogP contribution is -2.55. The SMILES string of the molecule is Cc1cc(N2C(=O)C3(CCC3)N(c3ccc(C(=O)CO)c(F)c3)C2=S)ccc1C#N. The molecule has 1 spiro atoms. The van der Waals surface area contributed by atoms with Crippen molar-refractivity contribution < 1.29 is 19.1 Å².